The van der Waals surface area contributed by atoms with Gasteiger partial charge >= 0.3 is 0 Å². The lowest BCUT2D eigenvalue weighted by Gasteiger charge is -2.27. The van der Waals surface area contributed by atoms with Crippen molar-refractivity contribution in [2.75, 3.05) is 0 Å². The minimum atomic E-state index is -0.180. The Bertz CT molecular complexity index is 1750. The van der Waals surface area contributed by atoms with Crippen molar-refractivity contribution in [1.29, 1.82) is 0 Å². The lowest BCUT2D eigenvalue weighted by Crippen LogP contribution is -2.14. The maximum atomic E-state index is 10.0. The molecule has 1 atom stereocenters. The van der Waals surface area contributed by atoms with Gasteiger partial charge in [-0.2, -0.15) is 0 Å². The molecule has 7 rings (SSSR count). The van der Waals surface area contributed by atoms with Crippen LogP contribution in [0.3, 0.4) is 0 Å². The van der Waals surface area contributed by atoms with E-state index in [0.29, 0.717) is 23.1 Å². The van der Waals surface area contributed by atoms with E-state index < -0.39 is 0 Å². The third-order valence-corrected chi connectivity index (χ3v) is 6.46. The third kappa shape index (κ3) is 3.41. The van der Waals surface area contributed by atoms with Gasteiger partial charge in [-0.3, -0.25) is 0 Å². The Hall–Kier alpha value is -4.91. The zero-order valence-electron chi connectivity index (χ0n) is 19.1. The van der Waals surface area contributed by atoms with Crippen LogP contribution in [0.5, 0.6) is 23.1 Å². The fourth-order valence-corrected chi connectivity index (χ4v) is 4.81. The number of benzene rings is 4. The number of aromatic nitrogens is 4. The molecule has 4 aromatic carbocycles. The first-order valence-electron chi connectivity index (χ1n) is 11.6. The molecule has 0 saturated heterocycles. The number of hydrogen-bond acceptors (Lipinski definition) is 6. The van der Waals surface area contributed by atoms with Gasteiger partial charge < -0.3 is 14.6 Å². The van der Waals surface area contributed by atoms with Crippen LogP contribution in [0, 0.1) is 0 Å². The monoisotopic (exact) mass is 472 g/mol. The molecule has 3 heterocycles. The predicted molar refractivity (Wildman–Crippen MR) is 135 cm³/mol. The van der Waals surface area contributed by atoms with Gasteiger partial charge in [0.25, 0.3) is 0 Å². The van der Waals surface area contributed by atoms with E-state index in [2.05, 4.69) is 34.3 Å². The number of fused-ring (bicyclic) bond motifs is 5. The van der Waals surface area contributed by atoms with Crippen molar-refractivity contribution in [3.63, 3.8) is 0 Å². The number of rotatable bonds is 4. The van der Waals surface area contributed by atoms with Crippen LogP contribution < -0.4 is 9.47 Å². The van der Waals surface area contributed by atoms with Crippen molar-refractivity contribution < 1.29 is 14.6 Å². The molecule has 1 unspecified atom stereocenters. The molecule has 0 fully saturated rings. The molecule has 0 spiro atoms. The molecule has 174 valence electrons. The Morgan fingerprint density at radius 2 is 1.72 bits per heavy atom. The molecule has 0 saturated carbocycles. The predicted octanol–water partition coefficient (Wildman–Crippen LogP) is 5.85. The molecule has 7 nitrogen and oxygen atoms in total. The van der Waals surface area contributed by atoms with E-state index in [-0.39, 0.29) is 18.3 Å². The van der Waals surface area contributed by atoms with Crippen LogP contribution in [-0.4, -0.2) is 24.7 Å². The molecule has 0 amide bonds. The summed E-state index contributed by atoms with van der Waals surface area (Å²) < 4.78 is 13.8. The first-order valence-corrected chi connectivity index (χ1v) is 11.6. The number of aromatic hydroxyl groups is 1. The minimum absolute atomic E-state index is 0.140. The Kier molecular flexibility index (Phi) is 4.60. The highest BCUT2D eigenvalue weighted by Gasteiger charge is 2.33. The van der Waals surface area contributed by atoms with E-state index in [0.717, 1.165) is 33.2 Å². The number of phenolic OH excluding ortho intramolecular Hbond substituents is 1. The molecular weight excluding hydrogens is 452 g/mol. The van der Waals surface area contributed by atoms with Crippen molar-refractivity contribution in [2.24, 2.45) is 0 Å². The topological polar surface area (TPSA) is 81.8 Å². The van der Waals surface area contributed by atoms with Crippen LogP contribution in [0.2, 0.25) is 0 Å². The molecule has 0 aliphatic carbocycles. The van der Waals surface area contributed by atoms with Crippen molar-refractivity contribution >= 4 is 16.4 Å². The largest absolute Gasteiger partial charge is 0.508 e. The van der Waals surface area contributed by atoms with E-state index in [9.17, 15) is 5.11 Å². The summed E-state index contributed by atoms with van der Waals surface area (Å²) in [7, 11) is 0. The van der Waals surface area contributed by atoms with E-state index in [1.54, 1.807) is 23.0 Å². The molecule has 36 heavy (non-hydrogen) atoms. The van der Waals surface area contributed by atoms with Gasteiger partial charge in [-0.15, -0.1) is 5.10 Å². The highest BCUT2D eigenvalue weighted by molar-refractivity contribution is 5.83. The Balaban J connectivity index is 1.29. The summed E-state index contributed by atoms with van der Waals surface area (Å²) in [4.78, 5) is 9.36. The zero-order chi connectivity index (χ0) is 24.1. The van der Waals surface area contributed by atoms with E-state index in [4.69, 9.17) is 14.5 Å². The summed E-state index contributed by atoms with van der Waals surface area (Å²) in [5.74, 6) is 2.28. The highest BCUT2D eigenvalue weighted by atomic mass is 16.5. The molecule has 0 radical (unpaired) electrons. The van der Waals surface area contributed by atoms with Gasteiger partial charge in [0.15, 0.2) is 11.5 Å². The summed E-state index contributed by atoms with van der Waals surface area (Å²) in [5, 5.41) is 16.9. The maximum absolute atomic E-state index is 10.0. The Labute approximate surface area is 206 Å². The summed E-state index contributed by atoms with van der Waals surface area (Å²) in [6.07, 6.45) is 1.59. The summed E-state index contributed by atoms with van der Waals surface area (Å²) in [5.41, 5.74) is 3.48. The first-order chi connectivity index (χ1) is 17.7. The number of hydrogen-bond donors (Lipinski definition) is 1. The molecule has 0 bridgehead atoms. The number of phenols is 1. The van der Waals surface area contributed by atoms with Crippen molar-refractivity contribution in [1.82, 2.24) is 19.6 Å². The van der Waals surface area contributed by atoms with Crippen LogP contribution >= 0.6 is 0 Å². The van der Waals surface area contributed by atoms with E-state index in [1.807, 2.05) is 54.6 Å². The molecule has 6 aromatic rings. The van der Waals surface area contributed by atoms with Crippen molar-refractivity contribution in [3.05, 3.63) is 120 Å². The van der Waals surface area contributed by atoms with Gasteiger partial charge in [0.05, 0.1) is 5.56 Å². The third-order valence-electron chi connectivity index (χ3n) is 6.46. The molecule has 1 aliphatic heterocycles. The van der Waals surface area contributed by atoms with Gasteiger partial charge in [0, 0.05) is 17.5 Å². The molecule has 7 heteroatoms. The normalized spacial score (nSPS) is 14.3. The second kappa shape index (κ2) is 8.09. The Morgan fingerprint density at radius 3 is 2.61 bits per heavy atom. The summed E-state index contributed by atoms with van der Waals surface area (Å²) in [6, 6.07) is 29.5. The van der Waals surface area contributed by atoms with Gasteiger partial charge in [-0.05, 0) is 34.5 Å². The lowest BCUT2D eigenvalue weighted by atomic mass is 9.84. The second-order valence-electron chi connectivity index (χ2n) is 8.73. The highest BCUT2D eigenvalue weighted by Crippen LogP contribution is 2.48. The maximum Gasteiger partial charge on any atom is 0.228 e. The molecule has 1 N–H and O–H groups in total. The average Bonchev–Trinajstić information content (AvgIpc) is 3.34. The quantitative estimate of drug-likeness (QED) is 0.346. The smallest absolute Gasteiger partial charge is 0.228 e. The van der Waals surface area contributed by atoms with Gasteiger partial charge in [0.1, 0.15) is 30.2 Å². The summed E-state index contributed by atoms with van der Waals surface area (Å²) >= 11 is 0. The first kappa shape index (κ1) is 20.5. The van der Waals surface area contributed by atoms with Gasteiger partial charge in [-0.1, -0.05) is 66.7 Å². The zero-order valence-corrected chi connectivity index (χ0v) is 19.1. The fraction of sp³-hybridized carbons (Fsp3) is 0.0690. The SMILES string of the molecule is Oc1ccc2c(c1)Oc1ncn3nc(COc4ccc5ccccc5c4)nc3c1C2c1ccccc1. The van der Waals surface area contributed by atoms with E-state index >= 15 is 0 Å². The Morgan fingerprint density at radius 1 is 0.889 bits per heavy atom. The van der Waals surface area contributed by atoms with Gasteiger partial charge in [-0.25, -0.2) is 14.5 Å². The molecule has 2 aromatic heterocycles. The van der Waals surface area contributed by atoms with Crippen LogP contribution in [0.15, 0.2) is 97.3 Å². The molecular formula is C29H20N4O3. The van der Waals surface area contributed by atoms with Gasteiger partial charge in [0.2, 0.25) is 5.88 Å². The second-order valence-corrected chi connectivity index (χ2v) is 8.73. The number of nitrogens with zero attached hydrogens (tertiary/aromatic N) is 4. The number of ether oxygens (including phenoxy) is 2. The van der Waals surface area contributed by atoms with Crippen LogP contribution in [0.1, 0.15) is 28.4 Å². The van der Waals surface area contributed by atoms with Crippen molar-refractivity contribution in [2.45, 2.75) is 12.5 Å². The lowest BCUT2D eigenvalue weighted by molar-refractivity contribution is 0.296. The van der Waals surface area contributed by atoms with Crippen molar-refractivity contribution in [3.8, 4) is 23.1 Å². The molecule has 1 aliphatic rings. The minimum Gasteiger partial charge on any atom is -0.508 e. The van der Waals surface area contributed by atoms with Crippen LogP contribution in [0.25, 0.3) is 16.4 Å². The van der Waals surface area contributed by atoms with Crippen LogP contribution in [-0.2, 0) is 6.61 Å². The van der Waals surface area contributed by atoms with Crippen LogP contribution in [0.4, 0.5) is 0 Å². The fourth-order valence-electron chi connectivity index (χ4n) is 4.81. The standard InChI is InChI=1S/C29H20N4O3/c34-21-11-13-23-24(15-21)36-29-27(26(23)19-7-2-1-3-8-19)28-31-25(32-33(28)17-30-29)16-35-22-12-10-18-6-4-5-9-20(18)14-22/h1-15,17,26,34H,16H2. The van der Waals surface area contributed by atoms with E-state index in [1.165, 1.54) is 0 Å². The average molecular weight is 473 g/mol. The summed E-state index contributed by atoms with van der Waals surface area (Å²) in [6.45, 7) is 0.218.